The minimum atomic E-state index is -4.90. The Kier molecular flexibility index (Phi) is 7.11. The van der Waals surface area contributed by atoms with Crippen molar-refractivity contribution in [3.63, 3.8) is 0 Å². The molecule has 10 heteroatoms. The number of methoxy groups -OCH3 is 1. The molecule has 33 heavy (non-hydrogen) atoms. The Bertz CT molecular complexity index is 949. The molecule has 2 aromatic carbocycles. The summed E-state index contributed by atoms with van der Waals surface area (Å²) in [6, 6.07) is 13.7. The highest BCUT2D eigenvalue weighted by Gasteiger charge is 2.70. The van der Waals surface area contributed by atoms with Gasteiger partial charge in [0.25, 0.3) is 5.79 Å². The molecule has 1 aliphatic heterocycles. The van der Waals surface area contributed by atoms with E-state index < -0.39 is 38.6 Å². The number of ether oxygens (including phenoxy) is 3. The Morgan fingerprint density at radius 2 is 1.70 bits per heavy atom. The predicted octanol–water partition coefficient (Wildman–Crippen LogP) is 5.86. The number of rotatable bonds is 6. The van der Waals surface area contributed by atoms with Gasteiger partial charge in [0, 0.05) is 5.56 Å². The molecular weight excluding hydrogens is 455 g/mol. The number of carbonyl (C=O) groups is 1. The number of amides is 1. The van der Waals surface area contributed by atoms with Gasteiger partial charge >= 0.3 is 12.3 Å². The predicted molar refractivity (Wildman–Crippen MR) is 118 cm³/mol. The summed E-state index contributed by atoms with van der Waals surface area (Å²) in [6.45, 7) is 6.08. The van der Waals surface area contributed by atoms with Crippen molar-refractivity contribution in [1.82, 2.24) is 4.90 Å². The first-order valence-electron chi connectivity index (χ1n) is 10.5. The van der Waals surface area contributed by atoms with Gasteiger partial charge in [0.1, 0.15) is 12.4 Å². The highest BCUT2D eigenvalue weighted by molar-refractivity contribution is 6.69. The van der Waals surface area contributed by atoms with Crippen LogP contribution < -0.4 is 4.74 Å². The van der Waals surface area contributed by atoms with Crippen molar-refractivity contribution in [2.45, 2.75) is 57.4 Å². The first-order chi connectivity index (χ1) is 15.4. The van der Waals surface area contributed by atoms with Crippen LogP contribution in [0.1, 0.15) is 24.3 Å². The lowest BCUT2D eigenvalue weighted by atomic mass is 10.1. The van der Waals surface area contributed by atoms with E-state index >= 15 is 0 Å². The zero-order chi connectivity index (χ0) is 24.4. The van der Waals surface area contributed by atoms with Crippen LogP contribution in [-0.4, -0.2) is 44.4 Å². The van der Waals surface area contributed by atoms with E-state index in [0.29, 0.717) is 16.9 Å². The average molecular weight is 484 g/mol. The molecule has 2 aromatic rings. The number of benzene rings is 2. The zero-order valence-corrected chi connectivity index (χ0v) is 20.2. The third-order valence-corrected chi connectivity index (χ3v) is 6.09. The van der Waals surface area contributed by atoms with Gasteiger partial charge in [0.15, 0.2) is 14.5 Å². The van der Waals surface area contributed by atoms with Crippen LogP contribution in [0.25, 0.3) is 0 Å². The second kappa shape index (κ2) is 9.36. The largest absolute Gasteiger partial charge is 0.497 e. The molecule has 180 valence electrons. The summed E-state index contributed by atoms with van der Waals surface area (Å²) in [4.78, 5) is 14.1. The van der Waals surface area contributed by atoms with Gasteiger partial charge in [-0.3, -0.25) is 4.90 Å². The van der Waals surface area contributed by atoms with Crippen LogP contribution in [0.4, 0.5) is 18.0 Å². The molecule has 1 fully saturated rings. The molecule has 0 spiro atoms. The number of nitrogens with zero attached hydrogens (tertiary/aromatic N) is 1. The monoisotopic (exact) mass is 483 g/mol. The summed E-state index contributed by atoms with van der Waals surface area (Å²) >= 11 is 0. The van der Waals surface area contributed by atoms with E-state index in [1.54, 1.807) is 68.2 Å². The Morgan fingerprint density at radius 1 is 1.09 bits per heavy atom. The van der Waals surface area contributed by atoms with Gasteiger partial charge in [-0.25, -0.2) is 4.79 Å². The molecule has 0 N–H and O–H groups in total. The van der Waals surface area contributed by atoms with E-state index in [2.05, 4.69) is 0 Å². The van der Waals surface area contributed by atoms with Crippen molar-refractivity contribution < 1.29 is 36.6 Å². The molecule has 0 saturated carbocycles. The second-order valence-electron chi connectivity index (χ2n) is 8.75. The van der Waals surface area contributed by atoms with Crippen molar-refractivity contribution >= 4 is 14.4 Å². The molecule has 1 unspecified atom stereocenters. The molecule has 3 atom stereocenters. The van der Waals surface area contributed by atoms with E-state index in [-0.39, 0.29) is 6.61 Å². The minimum Gasteiger partial charge on any atom is -0.497 e. The molecule has 6 nitrogen and oxygen atoms in total. The normalized spacial score (nSPS) is 23.5. The van der Waals surface area contributed by atoms with Crippen molar-refractivity contribution in [3.05, 3.63) is 65.7 Å². The summed E-state index contributed by atoms with van der Waals surface area (Å²) in [6.07, 6.45) is -7.20. The fraction of sp³-hybridized carbons (Fsp3) is 0.435. The van der Waals surface area contributed by atoms with E-state index in [1.807, 2.05) is 6.07 Å². The van der Waals surface area contributed by atoms with Crippen LogP contribution in [0, 0.1) is 0 Å². The van der Waals surface area contributed by atoms with Crippen molar-refractivity contribution in [1.29, 1.82) is 0 Å². The lowest BCUT2D eigenvalue weighted by Crippen LogP contribution is -2.60. The van der Waals surface area contributed by atoms with Crippen molar-refractivity contribution in [2.75, 3.05) is 7.11 Å². The Labute approximate surface area is 192 Å². The standard InChI is InChI=1S/C23H28F3NO5Si/c1-16-22(23(24,25)26,32-33(3,4)5)31-20(18-11-13-19(29-2)14-12-18)27(16)21(28)30-15-17-9-7-6-8-10-17/h6-14,16,20H,15H2,1-5H3/t16-,20-,22?/m0/s1. The first kappa shape index (κ1) is 25.1. The fourth-order valence-electron chi connectivity index (χ4n) is 3.68. The lowest BCUT2D eigenvalue weighted by molar-refractivity contribution is -0.352. The van der Waals surface area contributed by atoms with Gasteiger partial charge < -0.3 is 18.6 Å². The molecule has 0 aromatic heterocycles. The summed E-state index contributed by atoms with van der Waals surface area (Å²) in [7, 11) is -1.29. The van der Waals surface area contributed by atoms with E-state index in [0.717, 1.165) is 4.90 Å². The maximum Gasteiger partial charge on any atom is 0.444 e. The molecule has 3 rings (SSSR count). The third-order valence-electron chi connectivity index (χ3n) is 5.18. The fourth-order valence-corrected chi connectivity index (χ4v) is 4.92. The number of halogens is 3. The molecule has 0 radical (unpaired) electrons. The van der Waals surface area contributed by atoms with Gasteiger partial charge in [-0.1, -0.05) is 42.5 Å². The summed E-state index contributed by atoms with van der Waals surface area (Å²) in [5.41, 5.74) is 1.05. The van der Waals surface area contributed by atoms with Crippen LogP contribution in [0.2, 0.25) is 19.6 Å². The zero-order valence-electron chi connectivity index (χ0n) is 19.2. The second-order valence-corrected chi connectivity index (χ2v) is 13.2. The van der Waals surface area contributed by atoms with Crippen LogP contribution in [0.5, 0.6) is 5.75 Å². The molecule has 1 heterocycles. The topological polar surface area (TPSA) is 57.2 Å². The van der Waals surface area contributed by atoms with Gasteiger partial charge in [-0.05, 0) is 44.3 Å². The van der Waals surface area contributed by atoms with Gasteiger partial charge in [0.2, 0.25) is 0 Å². The maximum absolute atomic E-state index is 14.5. The Hall–Kier alpha value is -2.56. The third kappa shape index (κ3) is 5.34. The highest BCUT2D eigenvalue weighted by Crippen LogP contribution is 2.51. The molecular formula is C23H28F3NO5Si. The SMILES string of the molecule is COc1ccc([C@@H]2OC(O[Si](C)(C)C)(C(F)(F)F)[C@H](C)N2C(=O)OCc2ccccc2)cc1. The molecule has 1 amide bonds. The number of carbonyl (C=O) groups excluding carboxylic acids is 1. The lowest BCUT2D eigenvalue weighted by Gasteiger charge is -2.39. The number of hydrogen-bond acceptors (Lipinski definition) is 5. The van der Waals surface area contributed by atoms with Gasteiger partial charge in [-0.2, -0.15) is 13.2 Å². The van der Waals surface area contributed by atoms with E-state index in [1.165, 1.54) is 14.0 Å². The maximum atomic E-state index is 14.5. The highest BCUT2D eigenvalue weighted by atomic mass is 28.4. The first-order valence-corrected chi connectivity index (χ1v) is 13.9. The molecule has 0 aliphatic carbocycles. The van der Waals surface area contributed by atoms with Crippen molar-refractivity contribution in [2.24, 2.45) is 0 Å². The summed E-state index contributed by atoms with van der Waals surface area (Å²) < 4.78 is 65.2. The Morgan fingerprint density at radius 3 is 2.21 bits per heavy atom. The summed E-state index contributed by atoms with van der Waals surface area (Å²) in [5, 5.41) is 0. The smallest absolute Gasteiger partial charge is 0.444 e. The van der Waals surface area contributed by atoms with E-state index in [9.17, 15) is 18.0 Å². The van der Waals surface area contributed by atoms with Crippen LogP contribution in [0.15, 0.2) is 54.6 Å². The van der Waals surface area contributed by atoms with Crippen LogP contribution >= 0.6 is 0 Å². The van der Waals surface area contributed by atoms with Crippen molar-refractivity contribution in [3.8, 4) is 5.75 Å². The number of alkyl halides is 3. The molecule has 1 aliphatic rings. The summed E-state index contributed by atoms with van der Waals surface area (Å²) in [5.74, 6) is -2.48. The molecule has 1 saturated heterocycles. The van der Waals surface area contributed by atoms with Crippen LogP contribution in [0.3, 0.4) is 0 Å². The average Bonchev–Trinajstić information content (AvgIpc) is 3.04. The quantitative estimate of drug-likeness (QED) is 0.482. The van der Waals surface area contributed by atoms with Gasteiger partial charge in [-0.15, -0.1) is 0 Å². The minimum absolute atomic E-state index is 0.0911. The van der Waals surface area contributed by atoms with Crippen LogP contribution in [-0.2, 0) is 20.5 Å². The van der Waals surface area contributed by atoms with Gasteiger partial charge in [0.05, 0.1) is 13.2 Å². The number of hydrogen-bond donors (Lipinski definition) is 0. The Balaban J connectivity index is 2.00. The molecule has 0 bridgehead atoms. The van der Waals surface area contributed by atoms with E-state index in [4.69, 9.17) is 18.6 Å².